The van der Waals surface area contributed by atoms with Gasteiger partial charge in [-0.05, 0) is 71.1 Å². The van der Waals surface area contributed by atoms with Crippen LogP contribution >= 0.6 is 11.6 Å². The second-order valence-corrected chi connectivity index (χ2v) is 7.92. The highest BCUT2D eigenvalue weighted by atomic mass is 35.5. The molecule has 0 saturated heterocycles. The predicted molar refractivity (Wildman–Crippen MR) is 111 cm³/mol. The molecule has 0 bridgehead atoms. The SMILES string of the molecule is CCN(c1cc(Cl)cc(C(=O)OC)c1C)C1CCC(NC(=O)OC(C)C)CC1. The van der Waals surface area contributed by atoms with Gasteiger partial charge < -0.3 is 19.7 Å². The van der Waals surface area contributed by atoms with Gasteiger partial charge in [0, 0.05) is 29.3 Å². The summed E-state index contributed by atoms with van der Waals surface area (Å²) in [6.45, 7) is 8.51. The number of benzene rings is 1. The summed E-state index contributed by atoms with van der Waals surface area (Å²) < 4.78 is 10.1. The van der Waals surface area contributed by atoms with Crippen LogP contribution in [-0.2, 0) is 9.47 Å². The Hall–Kier alpha value is -1.95. The first-order valence-electron chi connectivity index (χ1n) is 9.89. The minimum Gasteiger partial charge on any atom is -0.465 e. The smallest absolute Gasteiger partial charge is 0.407 e. The van der Waals surface area contributed by atoms with E-state index < -0.39 is 0 Å². The Morgan fingerprint density at radius 1 is 1.25 bits per heavy atom. The van der Waals surface area contributed by atoms with Crippen molar-refractivity contribution in [1.82, 2.24) is 5.32 Å². The molecule has 7 heteroatoms. The van der Waals surface area contributed by atoms with Crippen molar-refractivity contribution < 1.29 is 19.1 Å². The first-order valence-corrected chi connectivity index (χ1v) is 10.3. The molecule has 0 heterocycles. The molecule has 1 aliphatic carbocycles. The van der Waals surface area contributed by atoms with Crippen LogP contribution in [0.15, 0.2) is 12.1 Å². The number of hydrogen-bond acceptors (Lipinski definition) is 5. The Labute approximate surface area is 172 Å². The zero-order valence-corrected chi connectivity index (χ0v) is 18.1. The molecule has 0 radical (unpaired) electrons. The van der Waals surface area contributed by atoms with Gasteiger partial charge in [-0.3, -0.25) is 0 Å². The number of halogens is 1. The maximum Gasteiger partial charge on any atom is 0.407 e. The van der Waals surface area contributed by atoms with E-state index in [1.807, 2.05) is 26.8 Å². The van der Waals surface area contributed by atoms with Gasteiger partial charge in [-0.25, -0.2) is 9.59 Å². The summed E-state index contributed by atoms with van der Waals surface area (Å²) in [4.78, 5) is 26.2. The third kappa shape index (κ3) is 5.53. The van der Waals surface area contributed by atoms with E-state index in [0.717, 1.165) is 43.5 Å². The molecule has 1 amide bonds. The summed E-state index contributed by atoms with van der Waals surface area (Å²) in [5.74, 6) is -0.381. The van der Waals surface area contributed by atoms with E-state index in [4.69, 9.17) is 21.1 Å². The van der Waals surface area contributed by atoms with Crippen LogP contribution in [0.4, 0.5) is 10.5 Å². The van der Waals surface area contributed by atoms with Crippen molar-refractivity contribution in [2.45, 2.75) is 71.6 Å². The topological polar surface area (TPSA) is 67.9 Å². The lowest BCUT2D eigenvalue weighted by molar-refractivity contribution is 0.0599. The van der Waals surface area contributed by atoms with Crippen LogP contribution in [-0.4, -0.2) is 43.9 Å². The van der Waals surface area contributed by atoms with Gasteiger partial charge in [-0.15, -0.1) is 0 Å². The van der Waals surface area contributed by atoms with E-state index in [-0.39, 0.29) is 24.2 Å². The third-order valence-corrected chi connectivity index (χ3v) is 5.42. The van der Waals surface area contributed by atoms with Crippen LogP contribution in [0, 0.1) is 6.92 Å². The molecule has 1 fully saturated rings. The first-order chi connectivity index (χ1) is 13.3. The van der Waals surface area contributed by atoms with Crippen LogP contribution in [0.3, 0.4) is 0 Å². The van der Waals surface area contributed by atoms with Gasteiger partial charge in [0.25, 0.3) is 0 Å². The van der Waals surface area contributed by atoms with Crippen LogP contribution in [0.1, 0.15) is 62.4 Å². The number of amides is 1. The molecule has 1 aromatic rings. The molecular formula is C21H31ClN2O4. The number of nitrogens with one attached hydrogen (secondary N) is 1. The summed E-state index contributed by atoms with van der Waals surface area (Å²) in [6.07, 6.45) is 3.19. The van der Waals surface area contributed by atoms with Crippen molar-refractivity contribution in [3.8, 4) is 0 Å². The van der Waals surface area contributed by atoms with Crippen LogP contribution in [0.2, 0.25) is 5.02 Å². The summed E-state index contributed by atoms with van der Waals surface area (Å²) in [5, 5.41) is 3.48. The van der Waals surface area contributed by atoms with Crippen molar-refractivity contribution in [3.63, 3.8) is 0 Å². The lowest BCUT2D eigenvalue weighted by Crippen LogP contribution is -2.44. The molecule has 0 aromatic heterocycles. The molecule has 28 heavy (non-hydrogen) atoms. The highest BCUT2D eigenvalue weighted by Crippen LogP contribution is 2.33. The molecule has 0 atom stereocenters. The lowest BCUT2D eigenvalue weighted by Gasteiger charge is -2.39. The maximum atomic E-state index is 12.1. The maximum absolute atomic E-state index is 12.1. The number of alkyl carbamates (subject to hydrolysis) is 1. The highest BCUT2D eigenvalue weighted by molar-refractivity contribution is 6.31. The van der Waals surface area contributed by atoms with Crippen LogP contribution < -0.4 is 10.2 Å². The molecule has 2 rings (SSSR count). The quantitative estimate of drug-likeness (QED) is 0.688. The Bertz CT molecular complexity index is 700. The van der Waals surface area contributed by atoms with E-state index in [9.17, 15) is 9.59 Å². The number of ether oxygens (including phenoxy) is 2. The van der Waals surface area contributed by atoms with Gasteiger partial charge >= 0.3 is 12.1 Å². The van der Waals surface area contributed by atoms with E-state index >= 15 is 0 Å². The number of hydrogen-bond donors (Lipinski definition) is 1. The molecule has 0 aliphatic heterocycles. The van der Waals surface area contributed by atoms with Gasteiger partial charge in [-0.2, -0.15) is 0 Å². The number of carbonyl (C=O) groups is 2. The summed E-state index contributed by atoms with van der Waals surface area (Å²) in [6, 6.07) is 4.03. The molecule has 6 nitrogen and oxygen atoms in total. The average Bonchev–Trinajstić information content (AvgIpc) is 2.64. The molecular weight excluding hydrogens is 380 g/mol. The van der Waals surface area contributed by atoms with E-state index in [2.05, 4.69) is 17.1 Å². The fraction of sp³-hybridized carbons (Fsp3) is 0.619. The van der Waals surface area contributed by atoms with E-state index in [0.29, 0.717) is 16.6 Å². The molecule has 156 valence electrons. The van der Waals surface area contributed by atoms with Gasteiger partial charge in [-0.1, -0.05) is 11.6 Å². The van der Waals surface area contributed by atoms with E-state index in [1.54, 1.807) is 6.07 Å². The van der Waals surface area contributed by atoms with Crippen LogP contribution in [0.5, 0.6) is 0 Å². The average molecular weight is 411 g/mol. The Morgan fingerprint density at radius 3 is 2.43 bits per heavy atom. The summed E-state index contributed by atoms with van der Waals surface area (Å²) in [7, 11) is 1.37. The lowest BCUT2D eigenvalue weighted by atomic mass is 9.89. The van der Waals surface area contributed by atoms with Crippen molar-refractivity contribution in [2.75, 3.05) is 18.6 Å². The van der Waals surface area contributed by atoms with Crippen molar-refractivity contribution in [1.29, 1.82) is 0 Å². The number of anilines is 1. The second kappa shape index (κ2) is 10.0. The zero-order chi connectivity index (χ0) is 20.8. The van der Waals surface area contributed by atoms with Gasteiger partial charge in [0.2, 0.25) is 0 Å². The molecule has 1 saturated carbocycles. The Balaban J connectivity index is 2.10. The number of carbonyl (C=O) groups excluding carboxylic acids is 2. The first kappa shape index (κ1) is 22.3. The standard InChI is InChI=1S/C21H31ClN2O4/c1-6-24(19-12-15(22)11-18(14(19)4)20(25)27-5)17-9-7-16(8-10-17)23-21(26)28-13(2)3/h11-13,16-17H,6-10H2,1-5H3,(H,23,26). The number of nitrogens with zero attached hydrogens (tertiary/aromatic N) is 1. The molecule has 1 aliphatic rings. The van der Waals surface area contributed by atoms with Gasteiger partial charge in [0.1, 0.15) is 0 Å². The van der Waals surface area contributed by atoms with Gasteiger partial charge in [0.15, 0.2) is 0 Å². The fourth-order valence-electron chi connectivity index (χ4n) is 3.86. The minimum absolute atomic E-state index is 0.123. The highest BCUT2D eigenvalue weighted by Gasteiger charge is 2.28. The monoisotopic (exact) mass is 410 g/mol. The molecule has 0 unspecified atom stereocenters. The number of esters is 1. The van der Waals surface area contributed by atoms with E-state index in [1.165, 1.54) is 7.11 Å². The zero-order valence-electron chi connectivity index (χ0n) is 17.4. The van der Waals surface area contributed by atoms with Crippen LogP contribution in [0.25, 0.3) is 0 Å². The Kier molecular flexibility index (Phi) is 7.98. The summed E-state index contributed by atoms with van der Waals surface area (Å²) >= 11 is 6.29. The van der Waals surface area contributed by atoms with Crippen molar-refractivity contribution >= 4 is 29.4 Å². The van der Waals surface area contributed by atoms with Crippen molar-refractivity contribution in [2.24, 2.45) is 0 Å². The molecule has 1 aromatic carbocycles. The number of rotatable bonds is 6. The normalized spacial score (nSPS) is 19.2. The molecule has 0 spiro atoms. The number of methoxy groups -OCH3 is 1. The van der Waals surface area contributed by atoms with Gasteiger partial charge in [0.05, 0.1) is 18.8 Å². The third-order valence-electron chi connectivity index (χ3n) is 5.20. The fourth-order valence-corrected chi connectivity index (χ4v) is 4.07. The Morgan fingerprint density at radius 2 is 1.89 bits per heavy atom. The van der Waals surface area contributed by atoms with Crippen molar-refractivity contribution in [3.05, 3.63) is 28.3 Å². The second-order valence-electron chi connectivity index (χ2n) is 7.48. The minimum atomic E-state index is -0.381. The summed E-state index contributed by atoms with van der Waals surface area (Å²) in [5.41, 5.74) is 2.33. The largest absolute Gasteiger partial charge is 0.465 e. The predicted octanol–water partition coefficient (Wildman–Crippen LogP) is 4.71. The molecule has 1 N–H and O–H groups in total.